The van der Waals surface area contributed by atoms with Gasteiger partial charge in [0.05, 0.1) is 22.3 Å². The van der Waals surface area contributed by atoms with Gasteiger partial charge in [0.25, 0.3) is 0 Å². The number of nitrogens with one attached hydrogen (secondary N) is 1. The summed E-state index contributed by atoms with van der Waals surface area (Å²) in [6.45, 7) is 1.92. The quantitative estimate of drug-likeness (QED) is 0.937. The van der Waals surface area contributed by atoms with E-state index in [1.165, 1.54) is 6.07 Å². The van der Waals surface area contributed by atoms with Crippen molar-refractivity contribution >= 4 is 33.0 Å². The van der Waals surface area contributed by atoms with Crippen LogP contribution in [-0.2, 0) is 16.6 Å². The Labute approximate surface area is 114 Å². The summed E-state index contributed by atoms with van der Waals surface area (Å²) >= 11 is 6.72. The summed E-state index contributed by atoms with van der Waals surface area (Å²) in [7, 11) is -3.53. The highest BCUT2D eigenvalue weighted by Gasteiger charge is 2.16. The van der Waals surface area contributed by atoms with Gasteiger partial charge in [0, 0.05) is 0 Å². The van der Waals surface area contributed by atoms with Crippen LogP contribution in [0.4, 0.5) is 0 Å². The van der Waals surface area contributed by atoms with Crippen molar-refractivity contribution in [3.05, 3.63) is 40.0 Å². The van der Waals surface area contributed by atoms with E-state index < -0.39 is 10.0 Å². The normalized spacial score (nSPS) is 11.7. The smallest absolute Gasteiger partial charge is 0.206 e. The van der Waals surface area contributed by atoms with Crippen molar-refractivity contribution in [2.24, 2.45) is 0 Å². The lowest BCUT2D eigenvalue weighted by molar-refractivity contribution is 0.582. The summed E-state index contributed by atoms with van der Waals surface area (Å²) in [5.74, 6) is 0. The standard InChI is InChI=1S/C10H10ClN3O2S2/c1-7-2-3-8(14-13-7)6-12-18(15,16)10-5-4-9(11)17-10/h2-5,12H,6H2,1H3. The van der Waals surface area contributed by atoms with Gasteiger partial charge in [-0.3, -0.25) is 0 Å². The fourth-order valence-corrected chi connectivity index (χ4v) is 3.73. The van der Waals surface area contributed by atoms with Crippen LogP contribution in [0.5, 0.6) is 0 Å². The van der Waals surface area contributed by atoms with Crippen LogP contribution >= 0.6 is 22.9 Å². The van der Waals surface area contributed by atoms with Gasteiger partial charge >= 0.3 is 0 Å². The van der Waals surface area contributed by atoms with E-state index in [4.69, 9.17) is 11.6 Å². The molecule has 2 heterocycles. The van der Waals surface area contributed by atoms with E-state index in [2.05, 4.69) is 14.9 Å². The molecule has 0 atom stereocenters. The summed E-state index contributed by atoms with van der Waals surface area (Å²) in [6.07, 6.45) is 0. The molecule has 0 spiro atoms. The number of hydrogen-bond donors (Lipinski definition) is 1. The first-order valence-corrected chi connectivity index (χ1v) is 7.69. The van der Waals surface area contributed by atoms with Crippen molar-refractivity contribution in [1.82, 2.24) is 14.9 Å². The SMILES string of the molecule is Cc1ccc(CNS(=O)(=O)c2ccc(Cl)s2)nn1. The lowest BCUT2D eigenvalue weighted by Gasteiger charge is -2.03. The van der Waals surface area contributed by atoms with E-state index in [0.717, 1.165) is 17.0 Å². The summed E-state index contributed by atoms with van der Waals surface area (Å²) < 4.78 is 26.8. The number of halogens is 1. The van der Waals surface area contributed by atoms with Gasteiger partial charge in [-0.15, -0.1) is 11.3 Å². The average Bonchev–Trinajstić information content (AvgIpc) is 2.76. The Balaban J connectivity index is 2.08. The molecule has 5 nitrogen and oxygen atoms in total. The van der Waals surface area contributed by atoms with Crippen LogP contribution in [0.1, 0.15) is 11.4 Å². The molecular formula is C10H10ClN3O2S2. The summed E-state index contributed by atoms with van der Waals surface area (Å²) in [5.41, 5.74) is 1.35. The fraction of sp³-hybridized carbons (Fsp3) is 0.200. The van der Waals surface area contributed by atoms with Crippen LogP contribution < -0.4 is 4.72 Å². The van der Waals surface area contributed by atoms with Crippen LogP contribution in [0.3, 0.4) is 0 Å². The molecule has 2 aromatic rings. The van der Waals surface area contributed by atoms with Crippen LogP contribution in [0.15, 0.2) is 28.5 Å². The third kappa shape index (κ3) is 3.26. The lowest BCUT2D eigenvalue weighted by Crippen LogP contribution is -2.23. The van der Waals surface area contributed by atoms with E-state index in [0.29, 0.717) is 10.0 Å². The second kappa shape index (κ2) is 5.31. The predicted octanol–water partition coefficient (Wildman–Crippen LogP) is 1.98. The zero-order valence-electron chi connectivity index (χ0n) is 9.42. The molecule has 0 bridgehead atoms. The molecule has 0 aromatic carbocycles. The highest BCUT2D eigenvalue weighted by molar-refractivity contribution is 7.91. The first-order valence-electron chi connectivity index (χ1n) is 5.01. The molecule has 0 unspecified atom stereocenters. The number of thiophene rings is 1. The maximum atomic E-state index is 11.9. The van der Waals surface area contributed by atoms with E-state index in [1.807, 2.05) is 6.92 Å². The Hall–Kier alpha value is -1.02. The number of nitrogens with zero attached hydrogens (tertiary/aromatic N) is 2. The Kier molecular flexibility index (Phi) is 3.96. The summed E-state index contributed by atoms with van der Waals surface area (Å²) in [5, 5.41) is 7.73. The summed E-state index contributed by atoms with van der Waals surface area (Å²) in [6, 6.07) is 6.52. The molecule has 96 valence electrons. The van der Waals surface area contributed by atoms with Gasteiger partial charge in [-0.1, -0.05) is 11.6 Å². The van der Waals surface area contributed by atoms with Crippen LogP contribution in [-0.4, -0.2) is 18.6 Å². The minimum absolute atomic E-state index is 0.102. The van der Waals surface area contributed by atoms with Crippen LogP contribution in [0.2, 0.25) is 4.34 Å². The molecule has 0 aliphatic heterocycles. The third-order valence-corrected chi connectivity index (χ3v) is 5.23. The van der Waals surface area contributed by atoms with Gasteiger partial charge < -0.3 is 0 Å². The Morgan fingerprint density at radius 2 is 2.06 bits per heavy atom. The average molecular weight is 304 g/mol. The van der Waals surface area contributed by atoms with Gasteiger partial charge in [0.1, 0.15) is 4.21 Å². The van der Waals surface area contributed by atoms with Crippen molar-refractivity contribution in [3.63, 3.8) is 0 Å². The number of rotatable bonds is 4. The highest BCUT2D eigenvalue weighted by Crippen LogP contribution is 2.25. The molecule has 0 radical (unpaired) electrons. The zero-order valence-corrected chi connectivity index (χ0v) is 11.8. The summed E-state index contributed by atoms with van der Waals surface area (Å²) in [4.78, 5) is 0. The molecule has 8 heteroatoms. The maximum Gasteiger partial charge on any atom is 0.250 e. The van der Waals surface area contributed by atoms with Crippen molar-refractivity contribution in [2.45, 2.75) is 17.7 Å². The van der Waals surface area contributed by atoms with Crippen LogP contribution in [0, 0.1) is 6.92 Å². The lowest BCUT2D eigenvalue weighted by atomic mass is 10.3. The molecule has 0 fully saturated rings. The second-order valence-corrected chi connectivity index (χ2v) is 7.26. The molecule has 2 rings (SSSR count). The Morgan fingerprint density at radius 3 is 2.61 bits per heavy atom. The van der Waals surface area contributed by atoms with E-state index in [1.54, 1.807) is 18.2 Å². The van der Waals surface area contributed by atoms with Crippen molar-refractivity contribution < 1.29 is 8.42 Å². The molecule has 0 saturated carbocycles. The van der Waals surface area contributed by atoms with Gasteiger partial charge in [0.2, 0.25) is 10.0 Å². The Morgan fingerprint density at radius 1 is 1.28 bits per heavy atom. The molecule has 2 aromatic heterocycles. The van der Waals surface area contributed by atoms with Gasteiger partial charge in [0.15, 0.2) is 0 Å². The van der Waals surface area contributed by atoms with Gasteiger partial charge in [-0.25, -0.2) is 13.1 Å². The molecule has 0 amide bonds. The topological polar surface area (TPSA) is 72.0 Å². The molecule has 0 saturated heterocycles. The first-order chi connectivity index (χ1) is 8.47. The zero-order chi connectivity index (χ0) is 13.2. The fourth-order valence-electron chi connectivity index (χ4n) is 1.20. The van der Waals surface area contributed by atoms with Gasteiger partial charge in [-0.2, -0.15) is 10.2 Å². The Bertz CT molecular complexity index is 637. The van der Waals surface area contributed by atoms with E-state index in [9.17, 15) is 8.42 Å². The third-order valence-electron chi connectivity index (χ3n) is 2.11. The van der Waals surface area contributed by atoms with E-state index >= 15 is 0 Å². The maximum absolute atomic E-state index is 11.9. The van der Waals surface area contributed by atoms with Gasteiger partial charge in [-0.05, 0) is 31.2 Å². The van der Waals surface area contributed by atoms with Crippen molar-refractivity contribution in [2.75, 3.05) is 0 Å². The molecular weight excluding hydrogens is 294 g/mol. The number of hydrogen-bond acceptors (Lipinski definition) is 5. The molecule has 1 N–H and O–H groups in total. The predicted molar refractivity (Wildman–Crippen MR) is 70.1 cm³/mol. The molecule has 18 heavy (non-hydrogen) atoms. The molecule has 0 aliphatic rings. The first kappa shape index (κ1) is 13.4. The van der Waals surface area contributed by atoms with Crippen molar-refractivity contribution in [3.8, 4) is 0 Å². The highest BCUT2D eigenvalue weighted by atomic mass is 35.5. The molecule has 0 aliphatic carbocycles. The number of aromatic nitrogens is 2. The minimum Gasteiger partial charge on any atom is -0.206 e. The minimum atomic E-state index is -3.53. The number of aryl methyl sites for hydroxylation is 1. The monoisotopic (exact) mass is 303 g/mol. The van der Waals surface area contributed by atoms with Crippen molar-refractivity contribution in [1.29, 1.82) is 0 Å². The largest absolute Gasteiger partial charge is 0.250 e. The second-order valence-electron chi connectivity index (χ2n) is 3.55. The van der Waals surface area contributed by atoms with E-state index in [-0.39, 0.29) is 10.8 Å². The number of sulfonamides is 1. The van der Waals surface area contributed by atoms with Crippen LogP contribution in [0.25, 0.3) is 0 Å².